The number of hydrogen-bond acceptors (Lipinski definition) is 3. The molecule has 1 atom stereocenters. The maximum Gasteiger partial charge on any atom is 0.169 e. The van der Waals surface area contributed by atoms with Crippen LogP contribution in [-0.2, 0) is 4.74 Å². The van der Waals surface area contributed by atoms with E-state index in [4.69, 9.17) is 17.0 Å². The molecule has 1 aliphatic rings. The summed E-state index contributed by atoms with van der Waals surface area (Å²) < 4.78 is 18.9. The summed E-state index contributed by atoms with van der Waals surface area (Å²) in [6.07, 6.45) is 0. The van der Waals surface area contributed by atoms with E-state index in [0.29, 0.717) is 12.3 Å². The van der Waals surface area contributed by atoms with Crippen LogP contribution in [0.4, 0.5) is 10.1 Å². The molecular formula is C15H22FN3OS. The smallest absolute Gasteiger partial charge is 0.169 e. The number of benzene rings is 1. The van der Waals surface area contributed by atoms with Crippen molar-refractivity contribution >= 4 is 23.0 Å². The van der Waals surface area contributed by atoms with Crippen molar-refractivity contribution in [1.82, 2.24) is 10.2 Å². The van der Waals surface area contributed by atoms with Gasteiger partial charge in [-0.15, -0.1) is 0 Å². The van der Waals surface area contributed by atoms with E-state index >= 15 is 0 Å². The lowest BCUT2D eigenvalue weighted by atomic mass is 10.2. The van der Waals surface area contributed by atoms with Crippen LogP contribution in [0.3, 0.4) is 0 Å². The zero-order chi connectivity index (χ0) is 15.2. The third-order valence-corrected chi connectivity index (χ3v) is 3.92. The lowest BCUT2D eigenvalue weighted by Gasteiger charge is -2.38. The van der Waals surface area contributed by atoms with E-state index in [1.165, 1.54) is 6.07 Å². The molecule has 0 aliphatic carbocycles. The largest absolute Gasteiger partial charge is 0.383 e. The lowest BCUT2D eigenvalue weighted by Crippen LogP contribution is -2.53. The molecule has 1 aliphatic heterocycles. The van der Waals surface area contributed by atoms with Gasteiger partial charge in [0.1, 0.15) is 5.82 Å². The van der Waals surface area contributed by atoms with E-state index < -0.39 is 0 Å². The minimum atomic E-state index is -0.166. The Kier molecular flexibility index (Phi) is 5.76. The third kappa shape index (κ3) is 4.28. The molecule has 1 N–H and O–H groups in total. The third-order valence-electron chi connectivity index (χ3n) is 3.55. The number of rotatable bonds is 4. The molecule has 0 bridgehead atoms. The first-order valence-electron chi connectivity index (χ1n) is 7.15. The summed E-state index contributed by atoms with van der Waals surface area (Å²) in [5, 5.41) is 4.00. The predicted molar refractivity (Wildman–Crippen MR) is 87.3 cm³/mol. The van der Waals surface area contributed by atoms with Gasteiger partial charge in [-0.3, -0.25) is 0 Å². The zero-order valence-corrected chi connectivity index (χ0v) is 13.3. The van der Waals surface area contributed by atoms with Gasteiger partial charge in [0.15, 0.2) is 5.11 Å². The number of piperazine rings is 1. The van der Waals surface area contributed by atoms with Gasteiger partial charge in [-0.25, -0.2) is 4.39 Å². The molecule has 1 unspecified atom stereocenters. The second-order valence-corrected chi connectivity index (χ2v) is 5.62. The van der Waals surface area contributed by atoms with Gasteiger partial charge in [0.05, 0.1) is 12.3 Å². The Morgan fingerprint density at radius 3 is 2.62 bits per heavy atom. The average Bonchev–Trinajstić information content (AvgIpc) is 2.48. The first kappa shape index (κ1) is 16.0. The highest BCUT2D eigenvalue weighted by Crippen LogP contribution is 2.20. The number of anilines is 1. The van der Waals surface area contributed by atoms with Gasteiger partial charge in [-0.1, -0.05) is 12.1 Å². The summed E-state index contributed by atoms with van der Waals surface area (Å²) in [6.45, 7) is 5.77. The molecule has 6 heteroatoms. The van der Waals surface area contributed by atoms with Crippen LogP contribution >= 0.6 is 12.2 Å². The highest BCUT2D eigenvalue weighted by Gasteiger charge is 2.21. The molecule has 1 aromatic rings. The topological polar surface area (TPSA) is 27.7 Å². The quantitative estimate of drug-likeness (QED) is 0.857. The Morgan fingerprint density at radius 2 is 2.00 bits per heavy atom. The number of nitrogens with zero attached hydrogens (tertiary/aromatic N) is 2. The van der Waals surface area contributed by atoms with Gasteiger partial charge in [-0.2, -0.15) is 0 Å². The van der Waals surface area contributed by atoms with Gasteiger partial charge in [0.25, 0.3) is 0 Å². The maximum absolute atomic E-state index is 13.8. The molecule has 0 amide bonds. The molecule has 0 saturated carbocycles. The number of para-hydroxylation sites is 1. The van der Waals surface area contributed by atoms with Gasteiger partial charge >= 0.3 is 0 Å². The normalized spacial score (nSPS) is 16.7. The number of nitrogens with one attached hydrogen (secondary N) is 1. The summed E-state index contributed by atoms with van der Waals surface area (Å²) in [4.78, 5) is 4.19. The number of halogens is 1. The molecule has 1 heterocycles. The van der Waals surface area contributed by atoms with Crippen molar-refractivity contribution in [2.24, 2.45) is 0 Å². The summed E-state index contributed by atoms with van der Waals surface area (Å²) >= 11 is 5.41. The molecule has 1 fully saturated rings. The molecule has 0 spiro atoms. The second kappa shape index (κ2) is 7.56. The molecule has 1 saturated heterocycles. The Bertz CT molecular complexity index is 478. The first-order valence-corrected chi connectivity index (χ1v) is 7.56. The van der Waals surface area contributed by atoms with Crippen LogP contribution in [0, 0.1) is 5.82 Å². The fourth-order valence-corrected chi connectivity index (χ4v) is 2.84. The Labute approximate surface area is 130 Å². The standard InChI is InChI=1S/C15H22FN3OS/c1-12(11-20-2)17-15(21)19-9-7-18(8-10-19)14-6-4-3-5-13(14)16/h3-6,12H,7-11H2,1-2H3,(H,17,21). The first-order chi connectivity index (χ1) is 10.1. The summed E-state index contributed by atoms with van der Waals surface area (Å²) in [6, 6.07) is 7.09. The summed E-state index contributed by atoms with van der Waals surface area (Å²) in [7, 11) is 1.68. The Morgan fingerprint density at radius 1 is 1.33 bits per heavy atom. The maximum atomic E-state index is 13.8. The van der Waals surface area contributed by atoms with E-state index in [1.807, 2.05) is 19.1 Å². The summed E-state index contributed by atoms with van der Waals surface area (Å²) in [5.41, 5.74) is 0.670. The molecule has 116 valence electrons. The van der Waals surface area contributed by atoms with Gasteiger partial charge in [0.2, 0.25) is 0 Å². The highest BCUT2D eigenvalue weighted by molar-refractivity contribution is 7.80. The minimum absolute atomic E-state index is 0.166. The molecule has 4 nitrogen and oxygen atoms in total. The highest BCUT2D eigenvalue weighted by atomic mass is 32.1. The minimum Gasteiger partial charge on any atom is -0.383 e. The van der Waals surface area contributed by atoms with Crippen molar-refractivity contribution in [1.29, 1.82) is 0 Å². The molecule has 1 aromatic carbocycles. The summed E-state index contributed by atoms with van der Waals surface area (Å²) in [5.74, 6) is -0.166. The average molecular weight is 311 g/mol. The number of ether oxygens (including phenoxy) is 1. The van der Waals surface area contributed by atoms with Crippen LogP contribution in [0.2, 0.25) is 0 Å². The van der Waals surface area contributed by atoms with Crippen molar-refractivity contribution in [3.8, 4) is 0 Å². The van der Waals surface area contributed by atoms with Crippen molar-refractivity contribution in [3.63, 3.8) is 0 Å². The Hall–Kier alpha value is -1.40. The Balaban J connectivity index is 1.86. The van der Waals surface area contributed by atoms with Crippen LogP contribution in [0.5, 0.6) is 0 Å². The van der Waals surface area contributed by atoms with Crippen molar-refractivity contribution < 1.29 is 9.13 Å². The van der Waals surface area contributed by atoms with Crippen LogP contribution < -0.4 is 10.2 Å². The fourth-order valence-electron chi connectivity index (χ4n) is 2.45. The van der Waals surface area contributed by atoms with Crippen LogP contribution in [0.1, 0.15) is 6.92 Å². The monoisotopic (exact) mass is 311 g/mol. The molecule has 0 radical (unpaired) electrons. The lowest BCUT2D eigenvalue weighted by molar-refractivity contribution is 0.177. The van der Waals surface area contributed by atoms with Gasteiger partial charge in [0, 0.05) is 39.3 Å². The fraction of sp³-hybridized carbons (Fsp3) is 0.533. The van der Waals surface area contributed by atoms with Gasteiger partial charge in [-0.05, 0) is 31.3 Å². The van der Waals surface area contributed by atoms with E-state index in [-0.39, 0.29) is 11.9 Å². The number of thiocarbonyl (C=S) groups is 1. The number of methoxy groups -OCH3 is 1. The predicted octanol–water partition coefficient (Wildman–Crippen LogP) is 1.86. The molecular weight excluding hydrogens is 289 g/mol. The molecule has 0 aromatic heterocycles. The van der Waals surface area contributed by atoms with Crippen molar-refractivity contribution in [2.75, 3.05) is 44.8 Å². The van der Waals surface area contributed by atoms with E-state index in [9.17, 15) is 4.39 Å². The zero-order valence-electron chi connectivity index (χ0n) is 12.5. The SMILES string of the molecule is COCC(C)NC(=S)N1CCN(c2ccccc2F)CC1. The van der Waals surface area contributed by atoms with Crippen molar-refractivity contribution in [2.45, 2.75) is 13.0 Å². The van der Waals surface area contributed by atoms with E-state index in [0.717, 1.165) is 31.3 Å². The van der Waals surface area contributed by atoms with Crippen LogP contribution in [0.15, 0.2) is 24.3 Å². The van der Waals surface area contributed by atoms with E-state index in [1.54, 1.807) is 13.2 Å². The van der Waals surface area contributed by atoms with Crippen LogP contribution in [-0.4, -0.2) is 55.9 Å². The molecule has 2 rings (SSSR count). The van der Waals surface area contributed by atoms with Crippen molar-refractivity contribution in [3.05, 3.63) is 30.1 Å². The van der Waals surface area contributed by atoms with E-state index in [2.05, 4.69) is 15.1 Å². The van der Waals surface area contributed by atoms with Crippen LogP contribution in [0.25, 0.3) is 0 Å². The molecule has 21 heavy (non-hydrogen) atoms. The second-order valence-electron chi connectivity index (χ2n) is 5.23. The van der Waals surface area contributed by atoms with Gasteiger partial charge < -0.3 is 19.9 Å². The number of hydrogen-bond donors (Lipinski definition) is 1.